The second kappa shape index (κ2) is 12.0. The number of unbranched alkanes of at least 4 members (excludes halogenated alkanes) is 6. The van der Waals surface area contributed by atoms with Crippen LogP contribution < -0.4 is 0 Å². The van der Waals surface area contributed by atoms with E-state index in [4.69, 9.17) is 4.74 Å². The minimum Gasteiger partial charge on any atom is -0.379 e. The molecule has 1 unspecified atom stereocenters. The van der Waals surface area contributed by atoms with Crippen LogP contribution in [0.3, 0.4) is 0 Å². The molecule has 134 valence electrons. The van der Waals surface area contributed by atoms with Crippen molar-refractivity contribution in [3.8, 4) is 0 Å². The van der Waals surface area contributed by atoms with Crippen molar-refractivity contribution in [3.63, 3.8) is 0 Å². The van der Waals surface area contributed by atoms with E-state index in [1.165, 1.54) is 38.5 Å². The van der Waals surface area contributed by atoms with Crippen molar-refractivity contribution in [2.75, 3.05) is 32.8 Å². The summed E-state index contributed by atoms with van der Waals surface area (Å²) in [5, 5.41) is 0. The third-order valence-corrected chi connectivity index (χ3v) is 4.98. The van der Waals surface area contributed by atoms with E-state index in [-0.39, 0.29) is 18.3 Å². The zero-order chi connectivity index (χ0) is 15.6. The van der Waals surface area contributed by atoms with Crippen LogP contribution in [0.4, 0.5) is 0 Å². The van der Waals surface area contributed by atoms with Crippen LogP contribution in [0.25, 0.3) is 0 Å². The molecule has 0 aromatic rings. The molecule has 3 nitrogen and oxygen atoms in total. The fourth-order valence-electron chi connectivity index (χ4n) is 3.52. The zero-order valence-corrected chi connectivity index (χ0v) is 15.5. The number of rotatable bonds is 9. The fraction of sp³-hybridized carbons (Fsp3) is 0.842. The van der Waals surface area contributed by atoms with Crippen LogP contribution in [0.15, 0.2) is 11.6 Å². The third kappa shape index (κ3) is 7.36. The van der Waals surface area contributed by atoms with Gasteiger partial charge in [0, 0.05) is 25.6 Å². The van der Waals surface area contributed by atoms with Gasteiger partial charge in [-0.05, 0) is 31.3 Å². The summed E-state index contributed by atoms with van der Waals surface area (Å²) in [6.45, 7) is 6.81. The fourth-order valence-corrected chi connectivity index (χ4v) is 3.52. The number of hydrogen-bond donors (Lipinski definition) is 0. The monoisotopic (exact) mass is 343 g/mol. The largest absolute Gasteiger partial charge is 0.379 e. The van der Waals surface area contributed by atoms with Crippen LogP contribution >= 0.6 is 12.4 Å². The maximum absolute atomic E-state index is 12.5. The lowest BCUT2D eigenvalue weighted by atomic mass is 10.0. The number of hydrogen-bond acceptors (Lipinski definition) is 3. The number of ketones is 1. The van der Waals surface area contributed by atoms with Crippen LogP contribution in [0.2, 0.25) is 0 Å². The molecule has 0 aromatic carbocycles. The molecule has 2 fully saturated rings. The Hall–Kier alpha value is -0.380. The van der Waals surface area contributed by atoms with Gasteiger partial charge >= 0.3 is 0 Å². The minimum atomic E-state index is 0. The van der Waals surface area contributed by atoms with Crippen molar-refractivity contribution in [1.82, 2.24) is 4.90 Å². The van der Waals surface area contributed by atoms with Crippen molar-refractivity contribution >= 4 is 18.2 Å². The quantitative estimate of drug-likeness (QED) is 0.459. The predicted octanol–water partition coefficient (Wildman–Crippen LogP) is 4.40. The first kappa shape index (κ1) is 20.7. The molecule has 2 aliphatic rings. The molecule has 23 heavy (non-hydrogen) atoms. The lowest BCUT2D eigenvalue weighted by Crippen LogP contribution is -2.40. The first-order chi connectivity index (χ1) is 10.8. The van der Waals surface area contributed by atoms with Gasteiger partial charge in [0.25, 0.3) is 0 Å². The Balaban J connectivity index is 0.00000264. The molecule has 0 aromatic heterocycles. The molecule has 1 saturated carbocycles. The Bertz CT molecular complexity index is 364. The molecule has 0 amide bonds. The SMILES string of the molecule is CCCCCCCC/C=C1\CCC(CN2CCOCC2)C1=O.Cl. The molecular weight excluding hydrogens is 310 g/mol. The first-order valence-corrected chi connectivity index (χ1v) is 9.34. The number of carbonyl (C=O) groups is 1. The molecule has 2 rings (SSSR count). The van der Waals surface area contributed by atoms with Crippen LogP contribution in [0.5, 0.6) is 0 Å². The van der Waals surface area contributed by atoms with Crippen molar-refractivity contribution in [3.05, 3.63) is 11.6 Å². The van der Waals surface area contributed by atoms with E-state index in [0.717, 1.165) is 57.7 Å². The average Bonchev–Trinajstić information content (AvgIpc) is 2.88. The van der Waals surface area contributed by atoms with E-state index in [1.807, 2.05) is 0 Å². The van der Waals surface area contributed by atoms with Gasteiger partial charge in [-0.15, -0.1) is 12.4 Å². The van der Waals surface area contributed by atoms with Gasteiger partial charge in [0.1, 0.15) is 0 Å². The number of morpholine rings is 1. The highest BCUT2D eigenvalue weighted by Crippen LogP contribution is 2.28. The van der Waals surface area contributed by atoms with Gasteiger partial charge in [0.2, 0.25) is 0 Å². The van der Waals surface area contributed by atoms with Crippen molar-refractivity contribution in [1.29, 1.82) is 0 Å². The number of ether oxygens (including phenoxy) is 1. The lowest BCUT2D eigenvalue weighted by molar-refractivity contribution is -0.118. The summed E-state index contributed by atoms with van der Waals surface area (Å²) in [5.74, 6) is 0.673. The molecule has 1 saturated heterocycles. The Labute approximate surface area is 148 Å². The van der Waals surface area contributed by atoms with E-state index < -0.39 is 0 Å². The minimum absolute atomic E-state index is 0. The van der Waals surface area contributed by atoms with E-state index in [0.29, 0.717) is 5.78 Å². The summed E-state index contributed by atoms with van der Waals surface area (Å²) in [5.41, 5.74) is 1.12. The van der Waals surface area contributed by atoms with Crippen LogP contribution in [0.1, 0.15) is 64.7 Å². The summed E-state index contributed by atoms with van der Waals surface area (Å²) in [6.07, 6.45) is 13.3. The maximum Gasteiger partial charge on any atom is 0.162 e. The van der Waals surface area contributed by atoms with Crippen LogP contribution in [-0.2, 0) is 9.53 Å². The van der Waals surface area contributed by atoms with Gasteiger partial charge in [-0.25, -0.2) is 0 Å². The molecule has 1 aliphatic carbocycles. The Morgan fingerprint density at radius 3 is 2.57 bits per heavy atom. The zero-order valence-electron chi connectivity index (χ0n) is 14.7. The summed E-state index contributed by atoms with van der Waals surface area (Å²) in [6, 6.07) is 0. The first-order valence-electron chi connectivity index (χ1n) is 9.34. The number of Topliss-reactive ketones (excluding diaryl/α,β-unsaturated/α-hetero) is 1. The Kier molecular flexibility index (Phi) is 10.8. The summed E-state index contributed by atoms with van der Waals surface area (Å²) in [7, 11) is 0. The smallest absolute Gasteiger partial charge is 0.162 e. The van der Waals surface area contributed by atoms with E-state index in [1.54, 1.807) is 0 Å². The molecule has 0 radical (unpaired) electrons. The third-order valence-electron chi connectivity index (χ3n) is 4.98. The molecular formula is C19H34ClNO2. The van der Waals surface area contributed by atoms with Crippen LogP contribution in [-0.4, -0.2) is 43.5 Å². The van der Waals surface area contributed by atoms with Crippen molar-refractivity contribution in [2.24, 2.45) is 5.92 Å². The van der Waals surface area contributed by atoms with E-state index in [2.05, 4.69) is 17.9 Å². The maximum atomic E-state index is 12.5. The van der Waals surface area contributed by atoms with E-state index in [9.17, 15) is 4.79 Å². The second-order valence-electron chi connectivity index (χ2n) is 6.80. The van der Waals surface area contributed by atoms with Crippen molar-refractivity contribution < 1.29 is 9.53 Å². The van der Waals surface area contributed by atoms with E-state index >= 15 is 0 Å². The van der Waals surface area contributed by atoms with Gasteiger partial charge in [0.15, 0.2) is 5.78 Å². The van der Waals surface area contributed by atoms with Crippen LogP contribution in [0, 0.1) is 5.92 Å². The second-order valence-corrected chi connectivity index (χ2v) is 6.80. The molecule has 0 bridgehead atoms. The summed E-state index contributed by atoms with van der Waals surface area (Å²) >= 11 is 0. The lowest BCUT2D eigenvalue weighted by Gasteiger charge is -2.28. The highest BCUT2D eigenvalue weighted by molar-refractivity contribution is 5.99. The Morgan fingerprint density at radius 2 is 1.83 bits per heavy atom. The highest BCUT2D eigenvalue weighted by Gasteiger charge is 2.30. The molecule has 0 spiro atoms. The highest BCUT2D eigenvalue weighted by atomic mass is 35.5. The number of allylic oxidation sites excluding steroid dienone is 2. The number of carbonyl (C=O) groups excluding carboxylic acids is 1. The average molecular weight is 344 g/mol. The molecule has 1 atom stereocenters. The molecule has 1 aliphatic heterocycles. The molecule has 0 N–H and O–H groups in total. The normalized spacial score (nSPS) is 24.1. The van der Waals surface area contributed by atoms with Gasteiger partial charge in [-0.3, -0.25) is 9.69 Å². The summed E-state index contributed by atoms with van der Waals surface area (Å²) < 4.78 is 5.37. The number of halogens is 1. The predicted molar refractivity (Wildman–Crippen MR) is 98.3 cm³/mol. The van der Waals surface area contributed by atoms with Gasteiger partial charge in [0.05, 0.1) is 13.2 Å². The number of nitrogens with zero attached hydrogens (tertiary/aromatic N) is 1. The van der Waals surface area contributed by atoms with Crippen molar-refractivity contribution in [2.45, 2.75) is 64.7 Å². The standard InChI is InChI=1S/C19H33NO2.ClH/c1-2-3-4-5-6-7-8-9-17-10-11-18(19(17)21)16-20-12-14-22-15-13-20;/h9,18H,2-8,10-16H2,1H3;1H/b17-9+;. The Morgan fingerprint density at radius 1 is 1.13 bits per heavy atom. The van der Waals surface area contributed by atoms with Gasteiger partial charge in [-0.1, -0.05) is 45.1 Å². The molecule has 1 heterocycles. The topological polar surface area (TPSA) is 29.5 Å². The summed E-state index contributed by atoms with van der Waals surface area (Å²) in [4.78, 5) is 14.8. The molecule has 4 heteroatoms. The van der Waals surface area contributed by atoms with Gasteiger partial charge < -0.3 is 4.74 Å². The van der Waals surface area contributed by atoms with Gasteiger partial charge in [-0.2, -0.15) is 0 Å².